The molecule has 2 aliphatic heterocycles. The number of rotatable bonds is 18. The summed E-state index contributed by atoms with van der Waals surface area (Å²) in [6.07, 6.45) is 13.5. The fraction of sp³-hybridized carbons (Fsp3) is 0.692. The van der Waals surface area contributed by atoms with Gasteiger partial charge in [-0.25, -0.2) is 0 Å². The Balaban J connectivity index is 1.43. The molecule has 0 spiro atoms. The summed E-state index contributed by atoms with van der Waals surface area (Å²) in [5.74, 6) is 6.04. The minimum absolute atomic E-state index is 0.376. The Bertz CT molecular complexity index is 1100. The molecule has 0 amide bonds. The van der Waals surface area contributed by atoms with Crippen molar-refractivity contribution in [3.63, 3.8) is 0 Å². The Labute approximate surface area is 274 Å². The van der Waals surface area contributed by atoms with Crippen LogP contribution in [0.25, 0.3) is 0 Å². The molecule has 0 saturated carbocycles. The van der Waals surface area contributed by atoms with Crippen LogP contribution in [0.3, 0.4) is 0 Å². The van der Waals surface area contributed by atoms with Crippen LogP contribution in [0.5, 0.6) is 23.0 Å². The van der Waals surface area contributed by atoms with Gasteiger partial charge in [0.15, 0.2) is 23.0 Å². The predicted molar refractivity (Wildman–Crippen MR) is 186 cm³/mol. The molecule has 0 saturated heterocycles. The van der Waals surface area contributed by atoms with Crippen molar-refractivity contribution in [2.45, 2.75) is 110 Å². The highest BCUT2D eigenvalue weighted by Gasteiger charge is 2.31. The number of benzene rings is 2. The molecule has 0 radical (unpaired) electrons. The predicted octanol–water partition coefficient (Wildman–Crippen LogP) is 8.85. The Morgan fingerprint density at radius 3 is 1.27 bits per heavy atom. The minimum atomic E-state index is 0.376. The standard InChI is InChI=1S/C39H62N2O4/c1-26(2)14-16-28(38-32-24-36(44-7)34(42-5)22-30(32)18-20-40-38)12-10-9-11-13-29(17-15-27(3)4)39-33-25-37(45-8)35(43-6)23-31(33)19-21-41-39/h22-29,38-41H,9-21H2,1-8H3/t28-,29-,38+,39+/m0/s1. The molecule has 2 aromatic rings. The zero-order valence-electron chi connectivity index (χ0n) is 29.6. The lowest BCUT2D eigenvalue weighted by Crippen LogP contribution is -2.35. The van der Waals surface area contributed by atoms with E-state index in [-0.39, 0.29) is 0 Å². The molecular formula is C39H62N2O4. The number of unbranched alkanes of at least 4 members (excludes halogenated alkanes) is 2. The Morgan fingerprint density at radius 1 is 0.533 bits per heavy atom. The van der Waals surface area contributed by atoms with Crippen LogP contribution < -0.4 is 29.6 Å². The molecule has 0 bridgehead atoms. The Morgan fingerprint density at radius 2 is 0.911 bits per heavy atom. The van der Waals surface area contributed by atoms with Crippen molar-refractivity contribution in [3.05, 3.63) is 46.5 Å². The van der Waals surface area contributed by atoms with Gasteiger partial charge < -0.3 is 29.6 Å². The third-order valence-corrected chi connectivity index (χ3v) is 10.3. The van der Waals surface area contributed by atoms with Gasteiger partial charge in [-0.3, -0.25) is 0 Å². The summed E-state index contributed by atoms with van der Waals surface area (Å²) in [4.78, 5) is 0. The number of ether oxygens (including phenoxy) is 4. The third kappa shape index (κ3) is 9.32. The van der Waals surface area contributed by atoms with Crippen LogP contribution in [-0.2, 0) is 12.8 Å². The summed E-state index contributed by atoms with van der Waals surface area (Å²) >= 11 is 0. The highest BCUT2D eigenvalue weighted by Crippen LogP contribution is 2.42. The highest BCUT2D eigenvalue weighted by molar-refractivity contribution is 5.50. The molecule has 2 aliphatic rings. The van der Waals surface area contributed by atoms with E-state index < -0.39 is 0 Å². The average Bonchev–Trinajstić information content (AvgIpc) is 3.05. The molecule has 0 unspecified atom stereocenters. The molecule has 252 valence electrons. The summed E-state index contributed by atoms with van der Waals surface area (Å²) in [5.41, 5.74) is 5.65. The van der Waals surface area contributed by atoms with Gasteiger partial charge in [-0.2, -0.15) is 0 Å². The molecule has 0 aliphatic carbocycles. The Hall–Kier alpha value is -2.44. The summed E-state index contributed by atoms with van der Waals surface area (Å²) in [6.45, 7) is 11.5. The number of nitrogens with one attached hydrogen (secondary N) is 2. The zero-order chi connectivity index (χ0) is 32.3. The maximum absolute atomic E-state index is 5.72. The first-order valence-corrected chi connectivity index (χ1v) is 17.8. The maximum atomic E-state index is 5.72. The fourth-order valence-corrected chi connectivity index (χ4v) is 7.71. The SMILES string of the molecule is COc1cc2c(cc1OC)[C@@H]([C@@H](CCCCC[C@@H](CCC(C)C)[C@H]1NCCc3cc(OC)c(OC)cc31)CCC(C)C)NCC2. The Kier molecular flexibility index (Phi) is 13.7. The largest absolute Gasteiger partial charge is 0.493 e. The fourth-order valence-electron chi connectivity index (χ4n) is 7.71. The number of hydrogen-bond donors (Lipinski definition) is 2. The van der Waals surface area contributed by atoms with E-state index in [0.29, 0.717) is 35.8 Å². The van der Waals surface area contributed by atoms with E-state index in [2.05, 4.69) is 62.6 Å². The number of hydrogen-bond acceptors (Lipinski definition) is 6. The van der Waals surface area contributed by atoms with Gasteiger partial charge in [0.1, 0.15) is 0 Å². The van der Waals surface area contributed by atoms with E-state index in [9.17, 15) is 0 Å². The molecule has 6 nitrogen and oxygen atoms in total. The van der Waals surface area contributed by atoms with E-state index in [1.165, 1.54) is 80.0 Å². The number of fused-ring (bicyclic) bond motifs is 2. The molecule has 2 heterocycles. The summed E-state index contributed by atoms with van der Waals surface area (Å²) in [7, 11) is 6.96. The van der Waals surface area contributed by atoms with Gasteiger partial charge in [0.25, 0.3) is 0 Å². The summed E-state index contributed by atoms with van der Waals surface area (Å²) in [5, 5.41) is 7.84. The molecule has 45 heavy (non-hydrogen) atoms. The number of methoxy groups -OCH3 is 4. The minimum Gasteiger partial charge on any atom is -0.493 e. The van der Waals surface area contributed by atoms with Gasteiger partial charge >= 0.3 is 0 Å². The lowest BCUT2D eigenvalue weighted by Gasteiger charge is -2.35. The van der Waals surface area contributed by atoms with E-state index >= 15 is 0 Å². The zero-order valence-corrected chi connectivity index (χ0v) is 29.6. The van der Waals surface area contributed by atoms with E-state index in [1.54, 1.807) is 28.4 Å². The van der Waals surface area contributed by atoms with Crippen LogP contribution in [0.1, 0.15) is 120 Å². The molecule has 0 aromatic heterocycles. The van der Waals surface area contributed by atoms with Gasteiger partial charge in [-0.1, -0.05) is 59.8 Å². The average molecular weight is 623 g/mol. The lowest BCUT2D eigenvalue weighted by molar-refractivity contribution is 0.269. The van der Waals surface area contributed by atoms with E-state index in [1.807, 2.05) is 0 Å². The highest BCUT2D eigenvalue weighted by atomic mass is 16.5. The molecule has 6 heteroatoms. The van der Waals surface area contributed by atoms with Gasteiger partial charge in [-0.05, 0) is 122 Å². The topological polar surface area (TPSA) is 61.0 Å². The second kappa shape index (κ2) is 17.5. The summed E-state index contributed by atoms with van der Waals surface area (Å²) < 4.78 is 22.7. The van der Waals surface area contributed by atoms with Crippen LogP contribution in [-0.4, -0.2) is 41.5 Å². The first-order chi connectivity index (χ1) is 21.8. The van der Waals surface area contributed by atoms with Crippen molar-refractivity contribution in [1.29, 1.82) is 0 Å². The molecule has 4 atom stereocenters. The van der Waals surface area contributed by atoms with Crippen molar-refractivity contribution >= 4 is 0 Å². The molecule has 2 aromatic carbocycles. The summed E-state index contributed by atoms with van der Waals surface area (Å²) in [6, 6.07) is 9.66. The first-order valence-electron chi connectivity index (χ1n) is 17.8. The van der Waals surface area contributed by atoms with Crippen LogP contribution in [0.2, 0.25) is 0 Å². The van der Waals surface area contributed by atoms with Gasteiger partial charge in [0, 0.05) is 12.1 Å². The van der Waals surface area contributed by atoms with Crippen molar-refractivity contribution < 1.29 is 18.9 Å². The molecular weight excluding hydrogens is 560 g/mol. The monoisotopic (exact) mass is 622 g/mol. The molecule has 2 N–H and O–H groups in total. The van der Waals surface area contributed by atoms with Crippen LogP contribution >= 0.6 is 0 Å². The van der Waals surface area contributed by atoms with Crippen LogP contribution in [0, 0.1) is 23.7 Å². The maximum Gasteiger partial charge on any atom is 0.161 e. The normalized spacial score (nSPS) is 19.2. The second-order valence-corrected chi connectivity index (χ2v) is 14.3. The quantitative estimate of drug-likeness (QED) is 0.162. The van der Waals surface area contributed by atoms with Gasteiger partial charge in [0.05, 0.1) is 28.4 Å². The van der Waals surface area contributed by atoms with Gasteiger partial charge in [0.2, 0.25) is 0 Å². The molecule has 0 fully saturated rings. The molecule has 4 rings (SSSR count). The van der Waals surface area contributed by atoms with Crippen LogP contribution in [0.15, 0.2) is 24.3 Å². The van der Waals surface area contributed by atoms with Crippen molar-refractivity contribution in [2.24, 2.45) is 23.7 Å². The van der Waals surface area contributed by atoms with Crippen molar-refractivity contribution in [2.75, 3.05) is 41.5 Å². The van der Waals surface area contributed by atoms with Crippen LogP contribution in [0.4, 0.5) is 0 Å². The van der Waals surface area contributed by atoms with Crippen molar-refractivity contribution in [3.8, 4) is 23.0 Å². The van der Waals surface area contributed by atoms with Gasteiger partial charge in [-0.15, -0.1) is 0 Å². The van der Waals surface area contributed by atoms with E-state index in [0.717, 1.165) is 48.9 Å². The van der Waals surface area contributed by atoms with E-state index in [4.69, 9.17) is 18.9 Å². The third-order valence-electron chi connectivity index (χ3n) is 10.3. The van der Waals surface area contributed by atoms with Crippen molar-refractivity contribution in [1.82, 2.24) is 10.6 Å². The first kappa shape index (κ1) is 35.4. The lowest BCUT2D eigenvalue weighted by atomic mass is 9.79. The second-order valence-electron chi connectivity index (χ2n) is 14.3. The smallest absolute Gasteiger partial charge is 0.161 e.